The molecule has 0 spiro atoms. The van der Waals surface area contributed by atoms with Gasteiger partial charge in [-0.3, -0.25) is 9.59 Å². The van der Waals surface area contributed by atoms with Crippen LogP contribution in [0.5, 0.6) is 5.75 Å². The summed E-state index contributed by atoms with van der Waals surface area (Å²) in [4.78, 5) is 29.7. The summed E-state index contributed by atoms with van der Waals surface area (Å²) in [6, 6.07) is 14.2. The third kappa shape index (κ3) is 5.40. The predicted octanol–water partition coefficient (Wildman–Crippen LogP) is 4.72. The van der Waals surface area contributed by atoms with E-state index in [0.29, 0.717) is 17.1 Å². The molecule has 32 heavy (non-hydrogen) atoms. The number of hydrogen-bond donors (Lipinski definition) is 1. The van der Waals surface area contributed by atoms with Crippen LogP contribution in [0.25, 0.3) is 0 Å². The number of nitrogens with zero attached hydrogens (tertiary/aromatic N) is 1. The highest BCUT2D eigenvalue weighted by Gasteiger charge is 2.34. The number of thiophene rings is 1. The first-order chi connectivity index (χ1) is 15.6. The first kappa shape index (κ1) is 22.1. The van der Waals surface area contributed by atoms with Gasteiger partial charge in [0.05, 0.1) is 26.3 Å². The van der Waals surface area contributed by atoms with Crippen molar-refractivity contribution in [3.63, 3.8) is 0 Å². The van der Waals surface area contributed by atoms with Crippen molar-refractivity contribution in [1.82, 2.24) is 10.2 Å². The molecule has 0 radical (unpaired) electrons. The van der Waals surface area contributed by atoms with Gasteiger partial charge in [-0.25, -0.2) is 0 Å². The Morgan fingerprint density at radius 3 is 2.72 bits per heavy atom. The fourth-order valence-electron chi connectivity index (χ4n) is 4.19. The molecule has 0 bridgehead atoms. The van der Waals surface area contributed by atoms with Crippen molar-refractivity contribution in [2.45, 2.75) is 50.7 Å². The maximum atomic E-state index is 13.6. The first-order valence-corrected chi connectivity index (χ1v) is 11.8. The van der Waals surface area contributed by atoms with Crippen LogP contribution in [0.2, 0.25) is 0 Å². The van der Waals surface area contributed by atoms with Gasteiger partial charge in [-0.05, 0) is 54.1 Å². The second-order valence-electron chi connectivity index (χ2n) is 8.03. The molecule has 2 amide bonds. The topological polar surface area (TPSA) is 71.8 Å². The molecule has 168 valence electrons. The van der Waals surface area contributed by atoms with Crippen LogP contribution < -0.4 is 10.1 Å². The molecule has 1 atom stereocenters. The van der Waals surface area contributed by atoms with Crippen molar-refractivity contribution in [2.24, 2.45) is 0 Å². The highest BCUT2D eigenvalue weighted by atomic mass is 32.1. The molecular formula is C25H28N2O4S. The summed E-state index contributed by atoms with van der Waals surface area (Å²) >= 11 is 1.53. The largest absolute Gasteiger partial charge is 0.497 e. The number of carbonyl (C=O) groups excluding carboxylic acids is 2. The molecule has 6 nitrogen and oxygen atoms in total. The van der Waals surface area contributed by atoms with Crippen molar-refractivity contribution in [1.29, 1.82) is 0 Å². The van der Waals surface area contributed by atoms with Crippen molar-refractivity contribution >= 4 is 23.2 Å². The zero-order valence-corrected chi connectivity index (χ0v) is 19.0. The highest BCUT2D eigenvalue weighted by Crippen LogP contribution is 2.29. The maximum Gasteiger partial charge on any atom is 0.247 e. The Morgan fingerprint density at radius 2 is 2.03 bits per heavy atom. The van der Waals surface area contributed by atoms with E-state index in [-0.39, 0.29) is 30.8 Å². The van der Waals surface area contributed by atoms with Gasteiger partial charge >= 0.3 is 0 Å². The number of amides is 2. The summed E-state index contributed by atoms with van der Waals surface area (Å²) < 4.78 is 10.9. The van der Waals surface area contributed by atoms with Gasteiger partial charge in [0.25, 0.3) is 0 Å². The van der Waals surface area contributed by atoms with E-state index in [1.807, 2.05) is 47.8 Å². The fraction of sp³-hybridized carbons (Fsp3) is 0.360. The van der Waals surface area contributed by atoms with Gasteiger partial charge in [0.1, 0.15) is 17.6 Å². The van der Waals surface area contributed by atoms with Crippen molar-refractivity contribution < 1.29 is 18.7 Å². The van der Waals surface area contributed by atoms with Gasteiger partial charge in [-0.15, -0.1) is 11.3 Å². The van der Waals surface area contributed by atoms with Gasteiger partial charge in [0.15, 0.2) is 0 Å². The number of rotatable bonds is 9. The molecule has 2 aromatic heterocycles. The minimum absolute atomic E-state index is 0.127. The number of carbonyl (C=O) groups is 2. The molecule has 1 fully saturated rings. The van der Waals surface area contributed by atoms with Crippen LogP contribution in [-0.2, 0) is 22.6 Å². The molecule has 1 aromatic carbocycles. The Kier molecular flexibility index (Phi) is 7.27. The van der Waals surface area contributed by atoms with E-state index in [0.717, 1.165) is 30.6 Å². The van der Waals surface area contributed by atoms with E-state index >= 15 is 0 Å². The van der Waals surface area contributed by atoms with Gasteiger partial charge in [-0.1, -0.05) is 31.0 Å². The lowest BCUT2D eigenvalue weighted by Crippen LogP contribution is -2.46. The van der Waals surface area contributed by atoms with Crippen LogP contribution in [0.15, 0.2) is 64.6 Å². The van der Waals surface area contributed by atoms with E-state index in [9.17, 15) is 9.59 Å². The summed E-state index contributed by atoms with van der Waals surface area (Å²) in [6.07, 6.45) is 5.98. The molecule has 1 saturated carbocycles. The average molecular weight is 453 g/mol. The third-order valence-electron chi connectivity index (χ3n) is 5.80. The van der Waals surface area contributed by atoms with E-state index in [4.69, 9.17) is 9.15 Å². The molecule has 4 rings (SSSR count). The summed E-state index contributed by atoms with van der Waals surface area (Å²) in [5, 5.41) is 5.14. The van der Waals surface area contributed by atoms with Gasteiger partial charge in [0, 0.05) is 10.9 Å². The molecule has 7 heteroatoms. The molecule has 1 N–H and O–H groups in total. The zero-order valence-electron chi connectivity index (χ0n) is 18.2. The smallest absolute Gasteiger partial charge is 0.247 e. The van der Waals surface area contributed by atoms with Gasteiger partial charge in [-0.2, -0.15) is 0 Å². The summed E-state index contributed by atoms with van der Waals surface area (Å²) in [5.41, 5.74) is 0.714. The molecule has 0 unspecified atom stereocenters. The number of benzene rings is 1. The SMILES string of the molecule is COc1cccc([C@H](C(=O)NC2CCCC2)N(Cc2ccco2)C(=O)Cc2cccs2)c1. The molecule has 3 aromatic rings. The van der Waals surface area contributed by atoms with Crippen LogP contribution >= 0.6 is 11.3 Å². The first-order valence-electron chi connectivity index (χ1n) is 10.9. The van der Waals surface area contributed by atoms with Crippen LogP contribution in [0, 0.1) is 0 Å². The Hall–Kier alpha value is -3.06. The Bertz CT molecular complexity index is 1010. The maximum absolute atomic E-state index is 13.6. The van der Waals surface area contributed by atoms with E-state index in [2.05, 4.69) is 5.32 Å². The third-order valence-corrected chi connectivity index (χ3v) is 6.68. The standard InChI is InChI=1S/C25H28N2O4S/c1-30-20-10-4-7-18(15-20)24(25(29)26-19-8-2-3-9-19)27(17-21-11-5-13-31-21)23(28)16-22-12-6-14-32-22/h4-7,10-15,19,24H,2-3,8-9,16-17H2,1H3,(H,26,29)/t24-/m1/s1. The molecule has 0 saturated heterocycles. The number of furan rings is 1. The Balaban J connectivity index is 1.69. The fourth-order valence-corrected chi connectivity index (χ4v) is 4.89. The summed E-state index contributed by atoms with van der Waals surface area (Å²) in [6.45, 7) is 0.206. The van der Waals surface area contributed by atoms with E-state index < -0.39 is 6.04 Å². The monoisotopic (exact) mass is 452 g/mol. The Labute approximate surface area is 192 Å². The second-order valence-corrected chi connectivity index (χ2v) is 9.06. The molecule has 1 aliphatic rings. The number of hydrogen-bond acceptors (Lipinski definition) is 5. The molecular weight excluding hydrogens is 424 g/mol. The minimum atomic E-state index is -0.789. The van der Waals surface area contributed by atoms with Crippen LogP contribution in [0.4, 0.5) is 0 Å². The van der Waals surface area contributed by atoms with E-state index in [1.165, 1.54) is 11.3 Å². The molecule has 0 aliphatic heterocycles. The Morgan fingerprint density at radius 1 is 1.19 bits per heavy atom. The van der Waals surface area contributed by atoms with Crippen molar-refractivity contribution in [2.75, 3.05) is 7.11 Å². The second kappa shape index (κ2) is 10.5. The van der Waals surface area contributed by atoms with Crippen LogP contribution in [0.1, 0.15) is 47.9 Å². The summed E-state index contributed by atoms with van der Waals surface area (Å²) in [7, 11) is 1.59. The predicted molar refractivity (Wildman–Crippen MR) is 123 cm³/mol. The number of methoxy groups -OCH3 is 1. The van der Waals surface area contributed by atoms with Gasteiger partial charge in [0.2, 0.25) is 11.8 Å². The average Bonchev–Trinajstić information content (AvgIpc) is 3.58. The highest BCUT2D eigenvalue weighted by molar-refractivity contribution is 7.10. The lowest BCUT2D eigenvalue weighted by molar-refractivity contribution is -0.141. The minimum Gasteiger partial charge on any atom is -0.497 e. The molecule has 2 heterocycles. The van der Waals surface area contributed by atoms with Crippen LogP contribution in [-0.4, -0.2) is 29.9 Å². The van der Waals surface area contributed by atoms with E-state index in [1.54, 1.807) is 24.3 Å². The normalized spacial score (nSPS) is 14.8. The summed E-state index contributed by atoms with van der Waals surface area (Å²) in [5.74, 6) is 0.977. The zero-order chi connectivity index (χ0) is 22.3. The van der Waals surface area contributed by atoms with Crippen LogP contribution in [0.3, 0.4) is 0 Å². The molecule has 1 aliphatic carbocycles. The van der Waals surface area contributed by atoms with Crippen molar-refractivity contribution in [3.05, 3.63) is 76.4 Å². The lowest BCUT2D eigenvalue weighted by Gasteiger charge is -2.32. The number of ether oxygens (including phenoxy) is 1. The number of nitrogens with one attached hydrogen (secondary N) is 1. The lowest BCUT2D eigenvalue weighted by atomic mass is 10.0. The quantitative estimate of drug-likeness (QED) is 0.510. The van der Waals surface area contributed by atoms with Gasteiger partial charge < -0.3 is 19.4 Å². The van der Waals surface area contributed by atoms with Crippen molar-refractivity contribution in [3.8, 4) is 5.75 Å².